The van der Waals surface area contributed by atoms with Crippen LogP contribution in [0.25, 0.3) is 0 Å². The number of amides is 2. The third kappa shape index (κ3) is 2.84. The van der Waals surface area contributed by atoms with Gasteiger partial charge in [0.2, 0.25) is 5.69 Å². The summed E-state index contributed by atoms with van der Waals surface area (Å²) in [6, 6.07) is -0.207. The molecular weight excluding hydrogens is 270 g/mol. The van der Waals surface area contributed by atoms with Gasteiger partial charge in [0.25, 0.3) is 5.91 Å². The van der Waals surface area contributed by atoms with E-state index in [1.54, 1.807) is 0 Å². The molecule has 1 aromatic rings. The molecule has 0 atom stereocenters. The number of piperidine rings is 1. The van der Waals surface area contributed by atoms with Gasteiger partial charge in [-0.1, -0.05) is 0 Å². The molecule has 1 aliphatic heterocycles. The molecule has 1 aliphatic rings. The number of likely N-dealkylation sites (tertiary alicyclic amines) is 1. The van der Waals surface area contributed by atoms with Crippen molar-refractivity contribution in [2.24, 2.45) is 0 Å². The van der Waals surface area contributed by atoms with Crippen molar-refractivity contribution in [3.8, 4) is 0 Å². The largest absolute Gasteiger partial charge is 0.465 e. The molecule has 108 valence electrons. The van der Waals surface area contributed by atoms with Gasteiger partial charge in [-0.25, -0.2) is 4.79 Å². The Morgan fingerprint density at radius 1 is 1.50 bits per heavy atom. The first kappa shape index (κ1) is 13.8. The maximum Gasteiger partial charge on any atom is 0.407 e. The molecule has 1 aromatic heterocycles. The van der Waals surface area contributed by atoms with Gasteiger partial charge in [-0.3, -0.25) is 20.0 Å². The topological polar surface area (TPSA) is 141 Å². The maximum absolute atomic E-state index is 11.9. The van der Waals surface area contributed by atoms with E-state index in [9.17, 15) is 19.7 Å². The number of aromatic amines is 1. The molecule has 1 fully saturated rings. The van der Waals surface area contributed by atoms with Crippen LogP contribution in [0.3, 0.4) is 0 Å². The second kappa shape index (κ2) is 5.55. The fourth-order valence-electron chi connectivity index (χ4n) is 2.06. The Bertz CT molecular complexity index is 534. The first-order chi connectivity index (χ1) is 9.49. The number of nitrogens with one attached hydrogen (secondary N) is 2. The molecule has 1 saturated heterocycles. The fraction of sp³-hybridized carbons (Fsp3) is 0.500. The third-order valence-corrected chi connectivity index (χ3v) is 3.14. The average Bonchev–Trinajstić information content (AvgIpc) is 2.88. The minimum Gasteiger partial charge on any atom is -0.465 e. The van der Waals surface area contributed by atoms with Crippen LogP contribution in [0.15, 0.2) is 6.20 Å². The molecule has 0 unspecified atom stereocenters. The van der Waals surface area contributed by atoms with Gasteiger partial charge in [0.1, 0.15) is 6.20 Å². The summed E-state index contributed by atoms with van der Waals surface area (Å²) >= 11 is 0. The summed E-state index contributed by atoms with van der Waals surface area (Å²) in [5.74, 6) is -0.608. The highest BCUT2D eigenvalue weighted by atomic mass is 16.6. The van der Waals surface area contributed by atoms with Gasteiger partial charge in [0.05, 0.1) is 4.92 Å². The van der Waals surface area contributed by atoms with Gasteiger partial charge in [0.15, 0.2) is 0 Å². The van der Waals surface area contributed by atoms with Crippen LogP contribution in [0.5, 0.6) is 0 Å². The fourth-order valence-corrected chi connectivity index (χ4v) is 2.06. The molecule has 0 radical (unpaired) electrons. The molecule has 0 bridgehead atoms. The lowest BCUT2D eigenvalue weighted by atomic mass is 10.1. The smallest absolute Gasteiger partial charge is 0.407 e. The molecule has 20 heavy (non-hydrogen) atoms. The number of nitro groups is 1. The van der Waals surface area contributed by atoms with E-state index in [1.807, 2.05) is 0 Å². The van der Waals surface area contributed by atoms with Crippen molar-refractivity contribution in [2.75, 3.05) is 13.1 Å². The minimum atomic E-state index is -0.987. The van der Waals surface area contributed by atoms with Crippen LogP contribution >= 0.6 is 0 Å². The predicted molar refractivity (Wildman–Crippen MR) is 65.3 cm³/mol. The van der Waals surface area contributed by atoms with Crippen LogP contribution in [-0.2, 0) is 0 Å². The van der Waals surface area contributed by atoms with Crippen molar-refractivity contribution >= 4 is 17.7 Å². The van der Waals surface area contributed by atoms with E-state index >= 15 is 0 Å². The van der Waals surface area contributed by atoms with Gasteiger partial charge >= 0.3 is 11.8 Å². The molecule has 2 heterocycles. The zero-order chi connectivity index (χ0) is 14.7. The molecule has 3 N–H and O–H groups in total. The summed E-state index contributed by atoms with van der Waals surface area (Å²) in [5, 5.41) is 27.9. The van der Waals surface area contributed by atoms with Crippen LogP contribution < -0.4 is 5.32 Å². The first-order valence-corrected chi connectivity index (χ1v) is 5.95. The lowest BCUT2D eigenvalue weighted by Crippen LogP contribution is -2.46. The Hall–Kier alpha value is -2.65. The average molecular weight is 283 g/mol. The first-order valence-electron chi connectivity index (χ1n) is 5.95. The highest BCUT2D eigenvalue weighted by Crippen LogP contribution is 2.16. The highest BCUT2D eigenvalue weighted by Gasteiger charge is 2.27. The number of rotatable bonds is 3. The van der Waals surface area contributed by atoms with Gasteiger partial charge in [-0.2, -0.15) is 5.10 Å². The number of nitrogens with zero attached hydrogens (tertiary/aromatic N) is 3. The summed E-state index contributed by atoms with van der Waals surface area (Å²) in [6.07, 6.45) is 0.931. The summed E-state index contributed by atoms with van der Waals surface area (Å²) in [4.78, 5) is 33.9. The van der Waals surface area contributed by atoms with Gasteiger partial charge in [-0.15, -0.1) is 0 Å². The van der Waals surface area contributed by atoms with Crippen molar-refractivity contribution in [2.45, 2.75) is 18.9 Å². The van der Waals surface area contributed by atoms with E-state index in [-0.39, 0.29) is 17.4 Å². The Balaban J connectivity index is 1.94. The summed E-state index contributed by atoms with van der Waals surface area (Å²) in [6.45, 7) is 0.650. The van der Waals surface area contributed by atoms with Crippen LogP contribution in [0, 0.1) is 10.1 Å². The zero-order valence-electron chi connectivity index (χ0n) is 10.4. The highest BCUT2D eigenvalue weighted by molar-refractivity contribution is 5.96. The Kier molecular flexibility index (Phi) is 3.82. The Morgan fingerprint density at radius 2 is 2.15 bits per heavy atom. The molecule has 0 saturated carbocycles. The molecule has 10 nitrogen and oxygen atoms in total. The molecular formula is C10H13N5O5. The van der Waals surface area contributed by atoms with Crippen molar-refractivity contribution in [1.82, 2.24) is 20.4 Å². The summed E-state index contributed by atoms with van der Waals surface area (Å²) in [7, 11) is 0. The molecule has 2 rings (SSSR count). The standard InChI is InChI=1S/C10H13N5O5/c16-9(8-7(15(19)20)5-11-13-8)12-6-1-3-14(4-2-6)10(17)18/h5-6H,1-4H2,(H,11,13)(H,12,16)(H,17,18). The number of hydrogen-bond acceptors (Lipinski definition) is 5. The van der Waals surface area contributed by atoms with Crippen molar-refractivity contribution in [3.05, 3.63) is 22.0 Å². The third-order valence-electron chi connectivity index (χ3n) is 3.14. The number of carboxylic acid groups (broad SMARTS) is 1. The number of carbonyl (C=O) groups excluding carboxylic acids is 1. The van der Waals surface area contributed by atoms with E-state index in [0.29, 0.717) is 25.9 Å². The van der Waals surface area contributed by atoms with E-state index in [2.05, 4.69) is 15.5 Å². The SMILES string of the molecule is O=C(NC1CCN(C(=O)O)CC1)c1[nH]ncc1[N+](=O)[O-]. The summed E-state index contributed by atoms with van der Waals surface area (Å²) in [5.41, 5.74) is -0.582. The Labute approximate surface area is 112 Å². The lowest BCUT2D eigenvalue weighted by Gasteiger charge is -2.30. The quantitative estimate of drug-likeness (QED) is 0.534. The molecule has 2 amide bonds. The van der Waals surface area contributed by atoms with Gasteiger partial charge in [0, 0.05) is 19.1 Å². The molecule has 10 heteroatoms. The normalized spacial score (nSPS) is 15.9. The maximum atomic E-state index is 11.9. The summed E-state index contributed by atoms with van der Waals surface area (Å²) < 4.78 is 0. The van der Waals surface area contributed by atoms with Gasteiger partial charge in [-0.05, 0) is 12.8 Å². The zero-order valence-corrected chi connectivity index (χ0v) is 10.4. The molecule has 0 spiro atoms. The number of carbonyl (C=O) groups is 2. The van der Waals surface area contributed by atoms with E-state index in [0.717, 1.165) is 6.20 Å². The lowest BCUT2D eigenvalue weighted by molar-refractivity contribution is -0.385. The predicted octanol–water partition coefficient (Wildman–Crippen LogP) is 0.190. The van der Waals surface area contributed by atoms with E-state index < -0.39 is 16.9 Å². The Morgan fingerprint density at radius 3 is 2.70 bits per heavy atom. The van der Waals surface area contributed by atoms with Crippen LogP contribution in [0.1, 0.15) is 23.3 Å². The molecule has 0 aliphatic carbocycles. The number of aromatic nitrogens is 2. The van der Waals surface area contributed by atoms with Crippen molar-refractivity contribution < 1.29 is 19.6 Å². The minimum absolute atomic E-state index is 0.198. The van der Waals surface area contributed by atoms with Crippen molar-refractivity contribution in [3.63, 3.8) is 0 Å². The van der Waals surface area contributed by atoms with Crippen LogP contribution in [0.4, 0.5) is 10.5 Å². The van der Waals surface area contributed by atoms with Gasteiger partial charge < -0.3 is 15.3 Å². The molecule has 0 aromatic carbocycles. The van der Waals surface area contributed by atoms with E-state index in [1.165, 1.54) is 4.90 Å². The number of hydrogen-bond donors (Lipinski definition) is 3. The second-order valence-electron chi connectivity index (χ2n) is 4.40. The van der Waals surface area contributed by atoms with Crippen LogP contribution in [-0.4, -0.2) is 56.3 Å². The van der Waals surface area contributed by atoms with E-state index in [4.69, 9.17) is 5.11 Å². The monoisotopic (exact) mass is 283 g/mol. The van der Waals surface area contributed by atoms with Crippen LogP contribution in [0.2, 0.25) is 0 Å². The number of H-pyrrole nitrogens is 1. The second-order valence-corrected chi connectivity index (χ2v) is 4.40. The van der Waals surface area contributed by atoms with Crippen molar-refractivity contribution in [1.29, 1.82) is 0 Å².